The summed E-state index contributed by atoms with van der Waals surface area (Å²) in [7, 11) is 0. The summed E-state index contributed by atoms with van der Waals surface area (Å²) in [6.07, 6.45) is 2.74. The molecule has 0 unspecified atom stereocenters. The molecule has 0 bridgehead atoms. The average Bonchev–Trinajstić information content (AvgIpc) is 3.46. The smallest absolute Gasteiger partial charge is 0.289 e. The van der Waals surface area contributed by atoms with E-state index >= 15 is 0 Å². The van der Waals surface area contributed by atoms with E-state index in [1.165, 1.54) is 12.7 Å². The number of hydrogen-bond acceptors (Lipinski definition) is 7. The van der Waals surface area contributed by atoms with E-state index in [1.807, 2.05) is 0 Å². The predicted molar refractivity (Wildman–Crippen MR) is 96.4 cm³/mol. The molecule has 9 nitrogen and oxygen atoms in total. The quantitative estimate of drug-likeness (QED) is 0.662. The van der Waals surface area contributed by atoms with Crippen LogP contribution in [0.3, 0.4) is 0 Å². The van der Waals surface area contributed by atoms with Gasteiger partial charge >= 0.3 is 0 Å². The largest absolute Gasteiger partial charge is 0.484 e. The molecule has 1 fully saturated rings. The van der Waals surface area contributed by atoms with E-state index in [-0.39, 0.29) is 18.4 Å². The fraction of sp³-hybridized carbons (Fsp3) is 0.263. The van der Waals surface area contributed by atoms with E-state index < -0.39 is 0 Å². The number of furan rings is 1. The molecule has 0 N–H and O–H groups in total. The Kier molecular flexibility index (Phi) is 5.05. The van der Waals surface area contributed by atoms with Crippen LogP contribution in [0.25, 0.3) is 11.5 Å². The number of rotatable bonds is 5. The van der Waals surface area contributed by atoms with Crippen LogP contribution in [0.15, 0.2) is 57.9 Å². The van der Waals surface area contributed by atoms with Crippen molar-refractivity contribution in [1.29, 1.82) is 0 Å². The first-order valence-electron chi connectivity index (χ1n) is 8.80. The van der Waals surface area contributed by atoms with Crippen LogP contribution in [-0.2, 0) is 4.79 Å². The second kappa shape index (κ2) is 7.95. The predicted octanol–water partition coefficient (Wildman–Crippen LogP) is 1.69. The highest BCUT2D eigenvalue weighted by Crippen LogP contribution is 2.20. The molecule has 28 heavy (non-hydrogen) atoms. The number of piperazine rings is 1. The molecular weight excluding hydrogens is 364 g/mol. The molecule has 1 aromatic carbocycles. The van der Waals surface area contributed by atoms with Gasteiger partial charge in [-0.25, -0.2) is 0 Å². The van der Waals surface area contributed by atoms with E-state index in [4.69, 9.17) is 13.6 Å². The normalized spacial score (nSPS) is 14.1. The second-order valence-corrected chi connectivity index (χ2v) is 6.21. The van der Waals surface area contributed by atoms with Crippen molar-refractivity contribution in [2.24, 2.45) is 0 Å². The highest BCUT2D eigenvalue weighted by Gasteiger charge is 2.26. The highest BCUT2D eigenvalue weighted by atomic mass is 16.5. The van der Waals surface area contributed by atoms with Gasteiger partial charge < -0.3 is 23.4 Å². The van der Waals surface area contributed by atoms with Gasteiger partial charge in [0.2, 0.25) is 12.3 Å². The zero-order valence-corrected chi connectivity index (χ0v) is 15.0. The third-order valence-corrected chi connectivity index (χ3v) is 4.48. The Morgan fingerprint density at radius 2 is 1.75 bits per heavy atom. The lowest BCUT2D eigenvalue weighted by Crippen LogP contribution is -2.51. The first-order valence-corrected chi connectivity index (χ1v) is 8.80. The summed E-state index contributed by atoms with van der Waals surface area (Å²) < 4.78 is 15.8. The van der Waals surface area contributed by atoms with Crippen molar-refractivity contribution in [3.05, 3.63) is 54.8 Å². The van der Waals surface area contributed by atoms with Crippen molar-refractivity contribution in [2.75, 3.05) is 32.8 Å². The molecule has 0 aliphatic carbocycles. The maximum atomic E-state index is 12.4. The summed E-state index contributed by atoms with van der Waals surface area (Å²) in [6.45, 7) is 1.79. The lowest BCUT2D eigenvalue weighted by Gasteiger charge is -2.34. The first kappa shape index (κ1) is 17.8. The Hall–Kier alpha value is -3.62. The van der Waals surface area contributed by atoms with Crippen molar-refractivity contribution in [1.82, 2.24) is 20.0 Å². The van der Waals surface area contributed by atoms with Gasteiger partial charge in [0, 0.05) is 31.7 Å². The summed E-state index contributed by atoms with van der Waals surface area (Å²) in [5, 5.41) is 7.47. The molecule has 0 radical (unpaired) electrons. The molecule has 0 atom stereocenters. The van der Waals surface area contributed by atoms with Crippen LogP contribution < -0.4 is 4.74 Å². The first-order chi connectivity index (χ1) is 13.7. The van der Waals surface area contributed by atoms with Gasteiger partial charge in [-0.1, -0.05) is 0 Å². The number of benzene rings is 1. The fourth-order valence-corrected chi connectivity index (χ4v) is 2.94. The number of ether oxygens (including phenoxy) is 1. The minimum Gasteiger partial charge on any atom is -0.484 e. The van der Waals surface area contributed by atoms with E-state index in [0.29, 0.717) is 43.6 Å². The molecule has 1 aliphatic rings. The summed E-state index contributed by atoms with van der Waals surface area (Å²) in [5.41, 5.74) is 0.772. The Bertz CT molecular complexity index is 914. The number of amides is 2. The molecular formula is C19H18N4O5. The zero-order chi connectivity index (χ0) is 19.3. The molecule has 2 amide bonds. The van der Waals surface area contributed by atoms with Gasteiger partial charge in [0.05, 0.1) is 6.26 Å². The number of carbonyl (C=O) groups is 2. The highest BCUT2D eigenvalue weighted by molar-refractivity contribution is 5.91. The Balaban J connectivity index is 1.25. The standard InChI is InChI=1S/C19H18N4O5/c24-17(12-27-15-5-3-14(4-6-15)18-21-20-13-28-18)22-7-9-23(10-8-22)19(25)16-2-1-11-26-16/h1-6,11,13H,7-10,12H2. The van der Waals surface area contributed by atoms with Crippen molar-refractivity contribution < 1.29 is 23.2 Å². The number of aromatic nitrogens is 2. The monoisotopic (exact) mass is 382 g/mol. The van der Waals surface area contributed by atoms with Crippen LogP contribution in [0.5, 0.6) is 5.75 Å². The van der Waals surface area contributed by atoms with Crippen molar-refractivity contribution in [2.45, 2.75) is 0 Å². The summed E-state index contributed by atoms with van der Waals surface area (Å²) >= 11 is 0. The molecule has 1 saturated heterocycles. The van der Waals surface area contributed by atoms with Crippen molar-refractivity contribution in [3.63, 3.8) is 0 Å². The molecule has 4 rings (SSSR count). The van der Waals surface area contributed by atoms with Crippen LogP contribution in [-0.4, -0.2) is 64.6 Å². The third-order valence-electron chi connectivity index (χ3n) is 4.48. The minimum atomic E-state index is -0.158. The molecule has 144 valence electrons. The molecule has 1 aliphatic heterocycles. The van der Waals surface area contributed by atoms with E-state index in [1.54, 1.807) is 46.2 Å². The van der Waals surface area contributed by atoms with Gasteiger partial charge in [0.15, 0.2) is 12.4 Å². The lowest BCUT2D eigenvalue weighted by molar-refractivity contribution is -0.134. The maximum absolute atomic E-state index is 12.4. The van der Waals surface area contributed by atoms with Gasteiger partial charge in [-0.2, -0.15) is 0 Å². The van der Waals surface area contributed by atoms with E-state index in [9.17, 15) is 9.59 Å². The van der Waals surface area contributed by atoms with E-state index in [0.717, 1.165) is 5.56 Å². The SMILES string of the molecule is O=C(COc1ccc(-c2nnco2)cc1)N1CCN(C(=O)c2ccco2)CC1. The number of carbonyl (C=O) groups excluding carboxylic acids is 2. The van der Waals surface area contributed by atoms with Crippen LogP contribution in [0.4, 0.5) is 0 Å². The molecule has 3 aromatic rings. The van der Waals surface area contributed by atoms with Gasteiger partial charge in [0.25, 0.3) is 11.8 Å². The molecule has 0 saturated carbocycles. The van der Waals surface area contributed by atoms with Gasteiger partial charge in [-0.3, -0.25) is 9.59 Å². The third kappa shape index (κ3) is 3.88. The van der Waals surface area contributed by atoms with Crippen molar-refractivity contribution >= 4 is 11.8 Å². The van der Waals surface area contributed by atoms with E-state index in [2.05, 4.69) is 10.2 Å². The Morgan fingerprint density at radius 1 is 1.00 bits per heavy atom. The maximum Gasteiger partial charge on any atom is 0.289 e. The van der Waals surface area contributed by atoms with Crippen LogP contribution >= 0.6 is 0 Å². The van der Waals surface area contributed by atoms with Gasteiger partial charge in [-0.05, 0) is 36.4 Å². The number of nitrogens with zero attached hydrogens (tertiary/aromatic N) is 4. The average molecular weight is 382 g/mol. The van der Waals surface area contributed by atoms with Crippen LogP contribution in [0.2, 0.25) is 0 Å². The molecule has 3 heterocycles. The Morgan fingerprint density at radius 3 is 2.39 bits per heavy atom. The fourth-order valence-electron chi connectivity index (χ4n) is 2.94. The second-order valence-electron chi connectivity index (χ2n) is 6.21. The number of hydrogen-bond donors (Lipinski definition) is 0. The lowest BCUT2D eigenvalue weighted by atomic mass is 10.2. The van der Waals surface area contributed by atoms with Gasteiger partial charge in [0.1, 0.15) is 5.75 Å². The molecule has 2 aromatic heterocycles. The minimum absolute atomic E-state index is 0.0635. The topological polar surface area (TPSA) is 102 Å². The molecule has 0 spiro atoms. The van der Waals surface area contributed by atoms with Gasteiger partial charge in [-0.15, -0.1) is 10.2 Å². The van der Waals surface area contributed by atoms with Crippen LogP contribution in [0.1, 0.15) is 10.6 Å². The van der Waals surface area contributed by atoms with Crippen molar-refractivity contribution in [3.8, 4) is 17.2 Å². The zero-order valence-electron chi connectivity index (χ0n) is 15.0. The summed E-state index contributed by atoms with van der Waals surface area (Å²) in [5.74, 6) is 1.03. The molecule has 9 heteroatoms. The Labute approximate surface area is 160 Å². The van der Waals surface area contributed by atoms with Crippen LogP contribution in [0, 0.1) is 0 Å². The summed E-state index contributed by atoms with van der Waals surface area (Å²) in [4.78, 5) is 28.0. The summed E-state index contributed by atoms with van der Waals surface area (Å²) in [6, 6.07) is 10.4.